The first-order chi connectivity index (χ1) is 12.4. The van der Waals surface area contributed by atoms with Crippen LogP contribution in [0.25, 0.3) is 0 Å². The van der Waals surface area contributed by atoms with E-state index < -0.39 is 68.1 Å². The number of aromatic amines is 1. The first-order valence-corrected chi connectivity index (χ1v) is 7.85. The van der Waals surface area contributed by atoms with Gasteiger partial charge in [-0.2, -0.15) is 0 Å². The predicted octanol–water partition coefficient (Wildman–Crippen LogP) is -4.87. The molecule has 8 N–H and O–H groups in total. The topological polar surface area (TPSA) is 211 Å². The van der Waals surface area contributed by atoms with E-state index in [1.165, 1.54) is 0 Å². The molecule has 0 aromatic carbocycles. The Kier molecular flexibility index (Phi) is 5.50. The zero-order chi connectivity index (χ0) is 19.0. The van der Waals surface area contributed by atoms with E-state index in [-0.39, 0.29) is 11.6 Å². The number of amides is 1. The number of aliphatic hydroxyl groups is 6. The summed E-state index contributed by atoms with van der Waals surface area (Å²) in [6, 6.07) is 0. The Morgan fingerprint density at radius 1 is 1.00 bits per heavy atom. The molecule has 1 aromatic heterocycles. The highest BCUT2D eigenvalue weighted by Crippen LogP contribution is 2.31. The lowest BCUT2D eigenvalue weighted by atomic mass is 10.1. The van der Waals surface area contributed by atoms with E-state index in [2.05, 4.69) is 20.5 Å². The molecule has 2 fully saturated rings. The van der Waals surface area contributed by atoms with E-state index in [0.717, 1.165) is 0 Å². The third kappa shape index (κ3) is 3.30. The Bertz CT molecular complexity index is 643. The summed E-state index contributed by atoms with van der Waals surface area (Å²) in [6.07, 6.45) is -9.96. The molecule has 2 aliphatic rings. The Morgan fingerprint density at radius 2 is 1.62 bits per heavy atom. The molecule has 1 aromatic rings. The summed E-state index contributed by atoms with van der Waals surface area (Å²) in [6.45, 7) is -1.05. The van der Waals surface area contributed by atoms with Crippen molar-refractivity contribution in [1.82, 2.24) is 20.5 Å². The molecular weight excluding hydrogens is 356 g/mol. The van der Waals surface area contributed by atoms with Gasteiger partial charge >= 0.3 is 0 Å². The monoisotopic (exact) mass is 376 g/mol. The molecule has 0 spiro atoms. The number of aliphatic hydroxyl groups excluding tert-OH is 6. The molecule has 1 amide bonds. The maximum absolute atomic E-state index is 12.2. The number of hydrogen-bond donors (Lipinski definition) is 8. The summed E-state index contributed by atoms with van der Waals surface area (Å²) in [5.74, 6) is -1.26. The third-order valence-corrected chi connectivity index (χ3v) is 4.33. The van der Waals surface area contributed by atoms with Gasteiger partial charge in [0.25, 0.3) is 5.91 Å². The lowest BCUT2D eigenvalue weighted by molar-refractivity contribution is -0.0306. The molecule has 3 rings (SSSR count). The number of hydrogen-bond acceptors (Lipinski definition) is 11. The van der Waals surface area contributed by atoms with Crippen LogP contribution in [0.3, 0.4) is 0 Å². The average molecular weight is 376 g/mol. The zero-order valence-corrected chi connectivity index (χ0v) is 13.3. The standard InChI is InChI=1S/C13H20N4O9/c18-1-3-5(20)7(22)9(25-3)10-14-11(17-16-10)12(24)15-13-8(23)6(21)4(2-19)26-13/h3-9,13,18-23H,1-2H2,(H,15,24)(H,14,16,17)/t3-,4-,5-,6-,7-,8-,9?,13?/m1/s1. The highest BCUT2D eigenvalue weighted by molar-refractivity contribution is 5.90. The first kappa shape index (κ1) is 19.1. The van der Waals surface area contributed by atoms with Crippen LogP contribution in [-0.2, 0) is 9.47 Å². The summed E-state index contributed by atoms with van der Waals surface area (Å²) in [4.78, 5) is 16.0. The van der Waals surface area contributed by atoms with Gasteiger partial charge in [0.15, 0.2) is 12.1 Å². The minimum Gasteiger partial charge on any atom is -0.394 e. The maximum Gasteiger partial charge on any atom is 0.293 e. The predicted molar refractivity (Wildman–Crippen MR) is 78.3 cm³/mol. The van der Waals surface area contributed by atoms with E-state index in [4.69, 9.17) is 19.7 Å². The highest BCUT2D eigenvalue weighted by Gasteiger charge is 2.45. The molecule has 13 nitrogen and oxygen atoms in total. The van der Waals surface area contributed by atoms with Gasteiger partial charge in [0.1, 0.15) is 42.7 Å². The fourth-order valence-electron chi connectivity index (χ4n) is 2.84. The van der Waals surface area contributed by atoms with E-state index >= 15 is 0 Å². The smallest absolute Gasteiger partial charge is 0.293 e. The van der Waals surface area contributed by atoms with Crippen LogP contribution >= 0.6 is 0 Å². The van der Waals surface area contributed by atoms with Gasteiger partial charge in [0.2, 0.25) is 5.82 Å². The summed E-state index contributed by atoms with van der Waals surface area (Å²) in [5.41, 5.74) is 0. The minimum atomic E-state index is -1.45. The van der Waals surface area contributed by atoms with E-state index in [0.29, 0.717) is 0 Å². The van der Waals surface area contributed by atoms with Crippen LogP contribution in [-0.4, -0.2) is 108 Å². The van der Waals surface area contributed by atoms with Gasteiger partial charge in [0.05, 0.1) is 13.2 Å². The molecule has 0 aliphatic carbocycles. The minimum absolute atomic E-state index is 0.0428. The number of aromatic nitrogens is 3. The van der Waals surface area contributed by atoms with E-state index in [9.17, 15) is 25.2 Å². The van der Waals surface area contributed by atoms with E-state index in [1.54, 1.807) is 0 Å². The average Bonchev–Trinajstić information content (AvgIpc) is 3.29. The zero-order valence-electron chi connectivity index (χ0n) is 13.3. The molecule has 13 heteroatoms. The van der Waals surface area contributed by atoms with Gasteiger partial charge in [-0.3, -0.25) is 9.89 Å². The number of nitrogens with zero attached hydrogens (tertiary/aromatic N) is 2. The normalized spacial score (nSPS) is 40.1. The largest absolute Gasteiger partial charge is 0.394 e. The Morgan fingerprint density at radius 3 is 2.19 bits per heavy atom. The molecule has 26 heavy (non-hydrogen) atoms. The molecular formula is C13H20N4O9. The van der Waals surface area contributed by atoms with Crippen molar-refractivity contribution >= 4 is 5.91 Å². The highest BCUT2D eigenvalue weighted by atomic mass is 16.6. The van der Waals surface area contributed by atoms with Gasteiger partial charge in [-0.25, -0.2) is 4.98 Å². The van der Waals surface area contributed by atoms with Crippen molar-refractivity contribution in [2.24, 2.45) is 0 Å². The van der Waals surface area contributed by atoms with Crippen molar-refractivity contribution < 1.29 is 44.9 Å². The number of carbonyl (C=O) groups is 1. The van der Waals surface area contributed by atoms with Gasteiger partial charge in [0, 0.05) is 0 Å². The second-order valence-electron chi connectivity index (χ2n) is 6.04. The van der Waals surface area contributed by atoms with Crippen molar-refractivity contribution in [3.63, 3.8) is 0 Å². The third-order valence-electron chi connectivity index (χ3n) is 4.33. The van der Waals surface area contributed by atoms with Crippen LogP contribution < -0.4 is 5.32 Å². The first-order valence-electron chi connectivity index (χ1n) is 7.85. The molecule has 0 bridgehead atoms. The quantitative estimate of drug-likeness (QED) is 0.244. The van der Waals surface area contributed by atoms with Crippen LogP contribution in [0.1, 0.15) is 22.5 Å². The van der Waals surface area contributed by atoms with Crippen LogP contribution in [0.5, 0.6) is 0 Å². The fraction of sp³-hybridized carbons (Fsp3) is 0.769. The van der Waals surface area contributed by atoms with Gasteiger partial charge in [-0.15, -0.1) is 5.10 Å². The molecule has 0 saturated carbocycles. The van der Waals surface area contributed by atoms with Crippen LogP contribution in [0.2, 0.25) is 0 Å². The van der Waals surface area contributed by atoms with Gasteiger partial charge in [-0.1, -0.05) is 0 Å². The number of ether oxygens (including phenoxy) is 2. The maximum atomic E-state index is 12.2. The molecule has 0 radical (unpaired) electrons. The lowest BCUT2D eigenvalue weighted by Gasteiger charge is -2.15. The molecule has 2 aliphatic heterocycles. The van der Waals surface area contributed by atoms with E-state index in [1.807, 2.05) is 0 Å². The lowest BCUT2D eigenvalue weighted by Crippen LogP contribution is -2.44. The van der Waals surface area contributed by atoms with Crippen molar-refractivity contribution in [1.29, 1.82) is 0 Å². The second-order valence-corrected chi connectivity index (χ2v) is 6.04. The second kappa shape index (κ2) is 7.50. The summed E-state index contributed by atoms with van der Waals surface area (Å²) in [5, 5.41) is 65.5. The van der Waals surface area contributed by atoms with Crippen molar-refractivity contribution in [3.8, 4) is 0 Å². The summed E-state index contributed by atoms with van der Waals surface area (Å²) < 4.78 is 10.4. The molecule has 2 saturated heterocycles. The Hall–Kier alpha value is -1.71. The molecule has 2 unspecified atom stereocenters. The van der Waals surface area contributed by atoms with Crippen LogP contribution in [0.15, 0.2) is 0 Å². The summed E-state index contributed by atoms with van der Waals surface area (Å²) >= 11 is 0. The van der Waals surface area contributed by atoms with Crippen molar-refractivity contribution in [2.45, 2.75) is 49.0 Å². The molecule has 3 heterocycles. The molecule has 146 valence electrons. The number of rotatable bonds is 5. The number of nitrogens with one attached hydrogen (secondary N) is 2. The molecule has 8 atom stereocenters. The van der Waals surface area contributed by atoms with Crippen molar-refractivity contribution in [2.75, 3.05) is 13.2 Å². The van der Waals surface area contributed by atoms with Crippen LogP contribution in [0.4, 0.5) is 0 Å². The Labute approximate surface area is 146 Å². The fourth-order valence-corrected chi connectivity index (χ4v) is 2.84. The Balaban J connectivity index is 1.66. The van der Waals surface area contributed by atoms with Crippen LogP contribution in [0, 0.1) is 0 Å². The number of carbonyl (C=O) groups excluding carboxylic acids is 1. The van der Waals surface area contributed by atoms with Crippen molar-refractivity contribution in [3.05, 3.63) is 11.6 Å². The summed E-state index contributed by atoms with van der Waals surface area (Å²) in [7, 11) is 0. The van der Waals surface area contributed by atoms with Gasteiger partial charge in [-0.05, 0) is 0 Å². The number of H-pyrrole nitrogens is 1. The SMILES string of the molecule is O=C(NC1O[C@H](CO)[C@@H](O)[C@H]1O)c1n[nH]c(C2O[C@H](CO)[C@@H](O)[C@H]2O)n1. The van der Waals surface area contributed by atoms with Gasteiger partial charge < -0.3 is 45.4 Å².